The number of ketones is 3. The Balaban J connectivity index is 1.38. The van der Waals surface area contributed by atoms with Crippen LogP contribution in [0.5, 0.6) is 17.2 Å². The molecular weight excluding hydrogens is 596 g/mol. The fourth-order valence-corrected chi connectivity index (χ4v) is 6.76. The summed E-state index contributed by atoms with van der Waals surface area (Å²) in [4.78, 5) is 40.2. The van der Waals surface area contributed by atoms with Crippen molar-refractivity contribution in [3.05, 3.63) is 81.4 Å². The van der Waals surface area contributed by atoms with Crippen LogP contribution in [0.4, 0.5) is 5.69 Å². The van der Waals surface area contributed by atoms with Crippen LogP contribution in [0, 0.1) is 0 Å². The van der Waals surface area contributed by atoms with Crippen molar-refractivity contribution in [2.24, 2.45) is 0 Å². The molecule has 1 saturated heterocycles. The third-order valence-electron chi connectivity index (χ3n) is 9.36. The molecule has 0 bridgehead atoms. The van der Waals surface area contributed by atoms with Gasteiger partial charge in [0.2, 0.25) is 5.78 Å². The van der Waals surface area contributed by atoms with E-state index in [1.165, 1.54) is 32.2 Å². The standard InChI is InChI=1S/C34H36N2O10/c1-15-29(38)21(36-14-17-7-4-5-9-20(17)35)11-24(45-15)46-23-13-34(43,16(2)37)12-19-26(23)33(42)28-27(31(19)40)30(39)18-8-6-10-22(44-3)25(18)32(28)41/h4-10,15,21,23-24,29,36,38,40,42-43H,11-14,35H2,1-3H3/t15?,21?,23-,24?,29?,34-/m0/s1. The Kier molecular flexibility index (Phi) is 8.11. The molecule has 0 aromatic heterocycles. The first-order valence-electron chi connectivity index (χ1n) is 15.0. The molecule has 12 nitrogen and oxygen atoms in total. The van der Waals surface area contributed by atoms with Crippen LogP contribution in [-0.4, -0.2) is 75.0 Å². The summed E-state index contributed by atoms with van der Waals surface area (Å²) in [5.74, 6) is -3.19. The Labute approximate surface area is 264 Å². The van der Waals surface area contributed by atoms with Crippen molar-refractivity contribution >= 4 is 23.0 Å². The summed E-state index contributed by atoms with van der Waals surface area (Å²) < 4.78 is 17.6. The second-order valence-electron chi connectivity index (χ2n) is 12.2. The lowest BCUT2D eigenvalue weighted by atomic mass is 9.72. The van der Waals surface area contributed by atoms with Gasteiger partial charge < -0.3 is 45.7 Å². The van der Waals surface area contributed by atoms with Gasteiger partial charge in [0, 0.05) is 54.2 Å². The molecule has 7 N–H and O–H groups in total. The fourth-order valence-electron chi connectivity index (χ4n) is 6.76. The molecular formula is C34H36N2O10. The van der Waals surface area contributed by atoms with E-state index in [1.807, 2.05) is 18.2 Å². The Morgan fingerprint density at radius 1 is 1.07 bits per heavy atom. The predicted octanol–water partition coefficient (Wildman–Crippen LogP) is 2.44. The summed E-state index contributed by atoms with van der Waals surface area (Å²) in [6.45, 7) is 3.21. The number of nitrogens with one attached hydrogen (secondary N) is 1. The van der Waals surface area contributed by atoms with Crippen molar-refractivity contribution in [1.82, 2.24) is 5.32 Å². The number of phenols is 2. The van der Waals surface area contributed by atoms with Crippen LogP contribution in [0.2, 0.25) is 0 Å². The average molecular weight is 633 g/mol. The second kappa shape index (κ2) is 11.8. The summed E-state index contributed by atoms with van der Waals surface area (Å²) in [7, 11) is 1.35. The van der Waals surface area contributed by atoms with Crippen molar-refractivity contribution < 1.29 is 49.0 Å². The molecule has 242 valence electrons. The number of carbonyl (C=O) groups excluding carboxylic acids is 3. The summed E-state index contributed by atoms with van der Waals surface area (Å²) in [5.41, 5.74) is 4.43. The number of anilines is 1. The monoisotopic (exact) mass is 632 g/mol. The quantitative estimate of drug-likeness (QED) is 0.129. The van der Waals surface area contributed by atoms with Crippen LogP contribution in [0.1, 0.15) is 81.3 Å². The second-order valence-corrected chi connectivity index (χ2v) is 12.2. The van der Waals surface area contributed by atoms with E-state index in [1.54, 1.807) is 13.0 Å². The van der Waals surface area contributed by atoms with Crippen LogP contribution >= 0.6 is 0 Å². The molecule has 0 saturated carbocycles. The number of rotatable bonds is 7. The number of para-hydroxylation sites is 1. The molecule has 1 heterocycles. The molecule has 3 aliphatic rings. The smallest absolute Gasteiger partial charge is 0.202 e. The molecule has 6 rings (SSSR count). The van der Waals surface area contributed by atoms with Gasteiger partial charge in [-0.15, -0.1) is 0 Å². The average Bonchev–Trinajstić information content (AvgIpc) is 3.02. The number of carbonyl (C=O) groups is 3. The number of ether oxygens (including phenoxy) is 3. The number of methoxy groups -OCH3 is 1. The maximum atomic E-state index is 13.8. The van der Waals surface area contributed by atoms with E-state index in [0.717, 1.165) is 5.56 Å². The largest absolute Gasteiger partial charge is 0.507 e. The number of aliphatic hydroxyl groups excluding tert-OH is 1. The molecule has 3 aromatic rings. The van der Waals surface area contributed by atoms with Crippen LogP contribution in [0.25, 0.3) is 0 Å². The van der Waals surface area contributed by atoms with E-state index < -0.39 is 82.6 Å². The van der Waals surface area contributed by atoms with Crippen molar-refractivity contribution in [2.75, 3.05) is 12.8 Å². The molecule has 1 aliphatic heterocycles. The zero-order chi connectivity index (χ0) is 33.1. The van der Waals surface area contributed by atoms with E-state index >= 15 is 0 Å². The number of aliphatic hydroxyl groups is 2. The van der Waals surface area contributed by atoms with Gasteiger partial charge in [-0.3, -0.25) is 14.4 Å². The molecule has 4 unspecified atom stereocenters. The van der Waals surface area contributed by atoms with Crippen molar-refractivity contribution in [1.29, 1.82) is 0 Å². The first-order chi connectivity index (χ1) is 21.9. The number of fused-ring (bicyclic) bond motifs is 3. The van der Waals surface area contributed by atoms with Crippen molar-refractivity contribution in [3.8, 4) is 17.2 Å². The van der Waals surface area contributed by atoms with Gasteiger partial charge in [0.15, 0.2) is 17.9 Å². The van der Waals surface area contributed by atoms with Crippen LogP contribution in [0.3, 0.4) is 0 Å². The summed E-state index contributed by atoms with van der Waals surface area (Å²) in [5, 5.41) is 48.9. The predicted molar refractivity (Wildman–Crippen MR) is 164 cm³/mol. The molecule has 12 heteroatoms. The molecule has 1 fully saturated rings. The Morgan fingerprint density at radius 2 is 1.78 bits per heavy atom. The highest BCUT2D eigenvalue weighted by Gasteiger charge is 2.49. The summed E-state index contributed by atoms with van der Waals surface area (Å²) in [6, 6.07) is 11.3. The van der Waals surface area contributed by atoms with Gasteiger partial charge in [-0.25, -0.2) is 0 Å². The number of hydrogen-bond acceptors (Lipinski definition) is 12. The van der Waals surface area contributed by atoms with Crippen LogP contribution in [-0.2, 0) is 27.2 Å². The van der Waals surface area contributed by atoms with Gasteiger partial charge in [0.25, 0.3) is 0 Å². The van der Waals surface area contributed by atoms with Crippen LogP contribution in [0.15, 0.2) is 42.5 Å². The zero-order valence-corrected chi connectivity index (χ0v) is 25.6. The highest BCUT2D eigenvalue weighted by Crippen LogP contribution is 2.52. The number of nitrogen functional groups attached to an aromatic ring is 1. The molecule has 46 heavy (non-hydrogen) atoms. The first kappa shape index (κ1) is 31.6. The maximum absolute atomic E-state index is 13.8. The zero-order valence-electron chi connectivity index (χ0n) is 25.6. The van der Waals surface area contributed by atoms with E-state index in [2.05, 4.69) is 5.32 Å². The third kappa shape index (κ3) is 5.12. The molecule has 6 atom stereocenters. The van der Waals surface area contributed by atoms with E-state index in [4.69, 9.17) is 19.9 Å². The number of nitrogens with two attached hydrogens (primary N) is 1. The van der Waals surface area contributed by atoms with Gasteiger partial charge in [-0.2, -0.15) is 0 Å². The molecule has 0 radical (unpaired) electrons. The highest BCUT2D eigenvalue weighted by atomic mass is 16.7. The van der Waals surface area contributed by atoms with E-state index in [9.17, 15) is 34.8 Å². The molecule has 0 amide bonds. The maximum Gasteiger partial charge on any atom is 0.202 e. The van der Waals surface area contributed by atoms with Gasteiger partial charge in [0.1, 0.15) is 22.8 Å². The Hall–Kier alpha value is -4.33. The van der Waals surface area contributed by atoms with Crippen molar-refractivity contribution in [3.63, 3.8) is 0 Å². The number of aromatic hydroxyl groups is 2. The van der Waals surface area contributed by atoms with E-state index in [-0.39, 0.29) is 40.8 Å². The Morgan fingerprint density at radius 3 is 2.48 bits per heavy atom. The van der Waals surface area contributed by atoms with Crippen molar-refractivity contribution in [2.45, 2.75) is 75.9 Å². The number of Topliss-reactive ketones (excluding diaryl/α,β-unsaturated/α-hetero) is 1. The minimum Gasteiger partial charge on any atom is -0.507 e. The summed E-state index contributed by atoms with van der Waals surface area (Å²) in [6.07, 6.45) is -4.52. The molecule has 2 aliphatic carbocycles. The number of benzene rings is 3. The van der Waals surface area contributed by atoms with Gasteiger partial charge in [0.05, 0.1) is 42.1 Å². The van der Waals surface area contributed by atoms with Crippen LogP contribution < -0.4 is 15.8 Å². The minimum absolute atomic E-state index is 0.0177. The van der Waals surface area contributed by atoms with Gasteiger partial charge in [-0.05, 0) is 31.5 Å². The number of hydrogen-bond donors (Lipinski definition) is 6. The highest BCUT2D eigenvalue weighted by molar-refractivity contribution is 6.31. The normalized spacial score (nSPS) is 27.0. The van der Waals surface area contributed by atoms with E-state index in [0.29, 0.717) is 12.2 Å². The summed E-state index contributed by atoms with van der Waals surface area (Å²) >= 11 is 0. The SMILES string of the molecule is COc1cccc2c1C(=O)c1c(O)c3c(c(O)c1C2=O)C[C@@](O)(C(C)=O)C[C@@H]3OC1CC(NCc2ccccc2N)C(O)C(C)O1. The lowest BCUT2D eigenvalue weighted by molar-refractivity contribution is -0.249. The minimum atomic E-state index is -2.03. The topological polar surface area (TPSA) is 198 Å². The van der Waals surface area contributed by atoms with Gasteiger partial charge in [-0.1, -0.05) is 30.3 Å². The first-order valence-corrected chi connectivity index (χ1v) is 15.0. The third-order valence-corrected chi connectivity index (χ3v) is 9.36. The lowest BCUT2D eigenvalue weighted by Gasteiger charge is -2.43. The Bertz CT molecular complexity index is 1760. The molecule has 0 spiro atoms. The lowest BCUT2D eigenvalue weighted by Crippen LogP contribution is -2.54. The fraction of sp³-hybridized carbons (Fsp3) is 0.382. The number of phenolic OH excluding ortho intramolecular Hbond substituents is 2. The molecule has 3 aromatic carbocycles. The van der Waals surface area contributed by atoms with Gasteiger partial charge >= 0.3 is 0 Å².